The van der Waals surface area contributed by atoms with E-state index in [1.165, 1.54) is 0 Å². The van der Waals surface area contributed by atoms with Crippen LogP contribution in [0.15, 0.2) is 10.6 Å². The van der Waals surface area contributed by atoms with E-state index in [1.807, 2.05) is 0 Å². The van der Waals surface area contributed by atoms with E-state index in [9.17, 15) is 9.59 Å². The molecule has 0 unspecified atom stereocenters. The van der Waals surface area contributed by atoms with Crippen molar-refractivity contribution in [1.29, 1.82) is 0 Å². The van der Waals surface area contributed by atoms with Gasteiger partial charge in [0.05, 0.1) is 11.6 Å². The number of carbonyl (C=O) groups excluding carboxylic acids is 1. The quantitative estimate of drug-likeness (QED) is 0.830. The van der Waals surface area contributed by atoms with Crippen LogP contribution >= 0.6 is 0 Å². The molecule has 0 aliphatic heterocycles. The third-order valence-corrected chi connectivity index (χ3v) is 3.03. The van der Waals surface area contributed by atoms with E-state index >= 15 is 0 Å². The third-order valence-electron chi connectivity index (χ3n) is 3.03. The molecular weight excluding hydrogens is 224 g/mol. The zero-order valence-corrected chi connectivity index (χ0v) is 9.47. The Kier molecular flexibility index (Phi) is 3.12. The van der Waals surface area contributed by atoms with Gasteiger partial charge in [0.2, 0.25) is 11.8 Å². The Labute approximate surface area is 98.0 Å². The number of carboxylic acid groups (broad SMARTS) is 1. The first-order valence-electron chi connectivity index (χ1n) is 5.53. The molecule has 1 aromatic heterocycles. The van der Waals surface area contributed by atoms with Gasteiger partial charge in [-0.15, -0.1) is 0 Å². The highest BCUT2D eigenvalue weighted by molar-refractivity contribution is 5.92. The number of hydrogen-bond acceptors (Lipinski definition) is 4. The van der Waals surface area contributed by atoms with Crippen LogP contribution in [-0.2, 0) is 9.59 Å². The van der Waals surface area contributed by atoms with Gasteiger partial charge >= 0.3 is 5.97 Å². The molecule has 1 heterocycles. The molecule has 17 heavy (non-hydrogen) atoms. The molecule has 1 aromatic rings. The van der Waals surface area contributed by atoms with E-state index in [2.05, 4.69) is 10.5 Å². The van der Waals surface area contributed by atoms with E-state index in [4.69, 9.17) is 9.63 Å². The molecule has 0 radical (unpaired) electrons. The molecule has 6 heteroatoms. The normalized spacial score (nSPS) is 23.6. The first-order chi connectivity index (χ1) is 8.06. The summed E-state index contributed by atoms with van der Waals surface area (Å²) >= 11 is 0. The molecule has 92 valence electrons. The van der Waals surface area contributed by atoms with Crippen LogP contribution in [0.3, 0.4) is 0 Å². The number of aromatic nitrogens is 1. The number of carboxylic acids is 1. The second kappa shape index (κ2) is 4.57. The average Bonchev–Trinajstić information content (AvgIpc) is 2.86. The summed E-state index contributed by atoms with van der Waals surface area (Å²) in [4.78, 5) is 22.6. The molecule has 1 saturated carbocycles. The fraction of sp³-hybridized carbons (Fsp3) is 0.545. The fourth-order valence-corrected chi connectivity index (χ4v) is 2.09. The number of amides is 1. The van der Waals surface area contributed by atoms with Crippen LogP contribution in [0, 0.1) is 18.8 Å². The van der Waals surface area contributed by atoms with Crippen molar-refractivity contribution in [2.24, 2.45) is 11.8 Å². The molecular formula is C11H14N2O4. The molecule has 0 aromatic carbocycles. The van der Waals surface area contributed by atoms with Crippen LogP contribution < -0.4 is 5.32 Å². The number of nitrogens with one attached hydrogen (secondary N) is 1. The second-order valence-electron chi connectivity index (χ2n) is 4.37. The summed E-state index contributed by atoms with van der Waals surface area (Å²) in [6.07, 6.45) is 1.56. The summed E-state index contributed by atoms with van der Waals surface area (Å²) in [7, 11) is 0. The smallest absolute Gasteiger partial charge is 0.306 e. The van der Waals surface area contributed by atoms with Gasteiger partial charge in [-0.05, 0) is 26.2 Å². The van der Waals surface area contributed by atoms with Crippen LogP contribution in [0.1, 0.15) is 25.0 Å². The maximum Gasteiger partial charge on any atom is 0.306 e. The predicted octanol–water partition coefficient (Wildman–Crippen LogP) is 1.42. The van der Waals surface area contributed by atoms with Crippen LogP contribution in [-0.4, -0.2) is 22.1 Å². The Bertz CT molecular complexity index is 440. The lowest BCUT2D eigenvalue weighted by molar-refractivity contribution is -0.141. The number of aliphatic carboxylic acids is 1. The zero-order valence-electron chi connectivity index (χ0n) is 9.47. The number of aryl methyl sites for hydroxylation is 1. The Morgan fingerprint density at radius 1 is 1.47 bits per heavy atom. The second-order valence-corrected chi connectivity index (χ2v) is 4.37. The highest BCUT2D eigenvalue weighted by Crippen LogP contribution is 2.31. The minimum absolute atomic E-state index is 0.190. The molecule has 1 aliphatic carbocycles. The van der Waals surface area contributed by atoms with Crippen molar-refractivity contribution >= 4 is 17.8 Å². The summed E-state index contributed by atoms with van der Waals surface area (Å²) in [5.41, 5.74) is 0.690. The lowest BCUT2D eigenvalue weighted by Crippen LogP contribution is -2.21. The molecule has 0 bridgehead atoms. The molecule has 2 rings (SSSR count). The monoisotopic (exact) mass is 238 g/mol. The van der Waals surface area contributed by atoms with Gasteiger partial charge in [-0.1, -0.05) is 5.16 Å². The summed E-state index contributed by atoms with van der Waals surface area (Å²) < 4.78 is 4.87. The predicted molar refractivity (Wildman–Crippen MR) is 58.3 cm³/mol. The molecule has 0 saturated heterocycles. The van der Waals surface area contributed by atoms with Gasteiger partial charge < -0.3 is 9.63 Å². The lowest BCUT2D eigenvalue weighted by atomic mass is 10.0. The number of anilines is 1. The van der Waals surface area contributed by atoms with Gasteiger partial charge in [0.25, 0.3) is 0 Å². The minimum Gasteiger partial charge on any atom is -0.481 e. The van der Waals surface area contributed by atoms with Gasteiger partial charge in [0, 0.05) is 12.0 Å². The number of hydrogen-bond donors (Lipinski definition) is 2. The first-order valence-corrected chi connectivity index (χ1v) is 5.53. The Morgan fingerprint density at radius 3 is 2.71 bits per heavy atom. The van der Waals surface area contributed by atoms with Crippen molar-refractivity contribution in [3.05, 3.63) is 11.8 Å². The maximum atomic E-state index is 11.8. The molecule has 1 fully saturated rings. The number of carbonyl (C=O) groups is 2. The van der Waals surface area contributed by atoms with Gasteiger partial charge in [0.15, 0.2) is 0 Å². The Balaban J connectivity index is 1.91. The highest BCUT2D eigenvalue weighted by atomic mass is 16.5. The topological polar surface area (TPSA) is 92.4 Å². The molecule has 1 amide bonds. The van der Waals surface area contributed by atoms with Gasteiger partial charge in [-0.3, -0.25) is 14.9 Å². The maximum absolute atomic E-state index is 11.8. The van der Waals surface area contributed by atoms with Crippen molar-refractivity contribution < 1.29 is 19.2 Å². The Morgan fingerprint density at radius 2 is 2.18 bits per heavy atom. The molecule has 2 N–H and O–H groups in total. The first kappa shape index (κ1) is 11.6. The molecule has 6 nitrogen and oxygen atoms in total. The average molecular weight is 238 g/mol. The van der Waals surface area contributed by atoms with E-state index in [0.717, 1.165) is 0 Å². The van der Waals surface area contributed by atoms with Crippen LogP contribution in [0.25, 0.3) is 0 Å². The standard InChI is InChI=1S/C11H14N2O4/c1-6-4-9(17-13-6)12-10(14)7-2-3-8(5-7)11(15)16/h4,7-8H,2-3,5H2,1H3,(H,12,14)(H,15,16)/t7-,8+/m1/s1. The van der Waals surface area contributed by atoms with E-state index < -0.39 is 11.9 Å². The minimum atomic E-state index is -0.823. The van der Waals surface area contributed by atoms with E-state index in [-0.39, 0.29) is 11.8 Å². The van der Waals surface area contributed by atoms with Crippen LogP contribution in [0.4, 0.5) is 5.88 Å². The van der Waals surface area contributed by atoms with Crippen LogP contribution in [0.2, 0.25) is 0 Å². The fourth-order valence-electron chi connectivity index (χ4n) is 2.09. The molecule has 2 atom stereocenters. The van der Waals surface area contributed by atoms with Gasteiger partial charge in [0.1, 0.15) is 0 Å². The van der Waals surface area contributed by atoms with Gasteiger partial charge in [-0.25, -0.2) is 0 Å². The van der Waals surface area contributed by atoms with Gasteiger partial charge in [-0.2, -0.15) is 0 Å². The molecule has 1 aliphatic rings. The van der Waals surface area contributed by atoms with E-state index in [1.54, 1.807) is 13.0 Å². The lowest BCUT2D eigenvalue weighted by Gasteiger charge is -2.07. The van der Waals surface area contributed by atoms with Crippen molar-refractivity contribution in [3.8, 4) is 0 Å². The van der Waals surface area contributed by atoms with Crippen molar-refractivity contribution in [2.75, 3.05) is 5.32 Å². The van der Waals surface area contributed by atoms with Crippen molar-refractivity contribution in [2.45, 2.75) is 26.2 Å². The van der Waals surface area contributed by atoms with Crippen molar-refractivity contribution in [1.82, 2.24) is 5.16 Å². The molecule has 0 spiro atoms. The summed E-state index contributed by atoms with van der Waals surface area (Å²) in [5.74, 6) is -1.35. The highest BCUT2D eigenvalue weighted by Gasteiger charge is 2.34. The SMILES string of the molecule is Cc1cc(NC(=O)[C@@H]2CC[C@H](C(=O)O)C2)on1. The summed E-state index contributed by atoms with van der Waals surface area (Å²) in [5, 5.41) is 15.1. The summed E-state index contributed by atoms with van der Waals surface area (Å²) in [6.45, 7) is 1.76. The summed E-state index contributed by atoms with van der Waals surface area (Å²) in [6, 6.07) is 1.63. The van der Waals surface area contributed by atoms with Crippen molar-refractivity contribution in [3.63, 3.8) is 0 Å². The van der Waals surface area contributed by atoms with E-state index in [0.29, 0.717) is 30.8 Å². The van der Waals surface area contributed by atoms with Crippen LogP contribution in [0.5, 0.6) is 0 Å². The number of rotatable bonds is 3. The largest absolute Gasteiger partial charge is 0.481 e. The zero-order chi connectivity index (χ0) is 12.4. The third kappa shape index (κ3) is 2.64. The Hall–Kier alpha value is -1.85. The number of nitrogens with zero attached hydrogens (tertiary/aromatic N) is 1.